The molecule has 0 aromatic heterocycles. The van der Waals surface area contributed by atoms with Crippen molar-refractivity contribution in [3.63, 3.8) is 0 Å². The van der Waals surface area contributed by atoms with Crippen LogP contribution in [0.15, 0.2) is 116 Å². The highest BCUT2D eigenvalue weighted by atomic mass is 16.1. The van der Waals surface area contributed by atoms with Crippen molar-refractivity contribution in [2.45, 2.75) is 26.7 Å². The summed E-state index contributed by atoms with van der Waals surface area (Å²) in [5.41, 5.74) is 4.04. The van der Waals surface area contributed by atoms with Crippen LogP contribution < -0.4 is 10.2 Å². The summed E-state index contributed by atoms with van der Waals surface area (Å²) in [6.07, 6.45) is 22.5. The second-order valence-corrected chi connectivity index (χ2v) is 7.42. The molecule has 0 fully saturated rings. The maximum atomic E-state index is 12.8. The fourth-order valence-electron chi connectivity index (χ4n) is 2.86. The van der Waals surface area contributed by atoms with Crippen molar-refractivity contribution < 1.29 is 4.79 Å². The van der Waals surface area contributed by atoms with Crippen molar-refractivity contribution in [1.82, 2.24) is 5.32 Å². The molecule has 0 radical (unpaired) electrons. The van der Waals surface area contributed by atoms with Gasteiger partial charge in [-0.15, -0.1) is 0 Å². The minimum absolute atomic E-state index is 0.123. The van der Waals surface area contributed by atoms with Crippen LogP contribution in [-0.4, -0.2) is 19.5 Å². The van der Waals surface area contributed by atoms with Crippen molar-refractivity contribution >= 4 is 11.6 Å². The van der Waals surface area contributed by atoms with E-state index in [2.05, 4.69) is 36.9 Å². The van der Waals surface area contributed by atoms with Crippen LogP contribution in [0.5, 0.6) is 0 Å². The predicted molar refractivity (Wildman–Crippen MR) is 149 cm³/mol. The lowest BCUT2D eigenvalue weighted by Gasteiger charge is -2.17. The zero-order valence-corrected chi connectivity index (χ0v) is 20.7. The maximum absolute atomic E-state index is 12.8. The largest absolute Gasteiger partial charge is 0.352 e. The molecule has 0 spiro atoms. The van der Waals surface area contributed by atoms with Gasteiger partial charge in [0.15, 0.2) is 0 Å². The van der Waals surface area contributed by atoms with Crippen LogP contribution >= 0.6 is 0 Å². The Morgan fingerprint density at radius 3 is 2.56 bits per heavy atom. The SMILES string of the molecule is C=C/C=C\N(C)c1ccc(C(=O)NCCCC(=C)/C=C\C=C/C)cc1C#C/C(C=C)=C/C=C\C. The second-order valence-electron chi connectivity index (χ2n) is 7.42. The number of nitrogens with zero attached hydrogens (tertiary/aromatic N) is 1. The molecule has 0 aliphatic rings. The van der Waals surface area contributed by atoms with Gasteiger partial charge in [0.25, 0.3) is 5.91 Å². The minimum atomic E-state index is -0.123. The standard InChI is InChI=1S/C31H36N2O/c1-7-11-14-16-26(5)17-15-23-32-31(34)29-21-22-30(33(6)24-13-9-3)28(25-29)20-19-27(10-4)18-12-8-2/h7-14,16,18,21-22,24-25H,3-5,15,17,23H2,1-2,6H3,(H,32,34)/b11-7-,12-8-,16-14-,24-13-,27-18+. The summed E-state index contributed by atoms with van der Waals surface area (Å²) in [4.78, 5) is 14.7. The maximum Gasteiger partial charge on any atom is 0.251 e. The number of benzene rings is 1. The van der Waals surface area contributed by atoms with Crippen molar-refractivity contribution in [1.29, 1.82) is 0 Å². The number of carbonyl (C=O) groups excluding carboxylic acids is 1. The number of allylic oxidation sites excluding steroid dienone is 12. The Kier molecular flexibility index (Phi) is 13.7. The Morgan fingerprint density at radius 2 is 1.88 bits per heavy atom. The summed E-state index contributed by atoms with van der Waals surface area (Å²) in [5, 5.41) is 2.99. The van der Waals surface area contributed by atoms with Crippen LogP contribution in [0.25, 0.3) is 0 Å². The molecule has 1 N–H and O–H groups in total. The molecule has 0 atom stereocenters. The Balaban J connectivity index is 3.04. The second kappa shape index (κ2) is 16.6. The molecule has 0 heterocycles. The Labute approximate surface area is 206 Å². The van der Waals surface area contributed by atoms with Crippen LogP contribution in [0, 0.1) is 11.8 Å². The normalized spacial score (nSPS) is 11.7. The van der Waals surface area contributed by atoms with E-state index >= 15 is 0 Å². The van der Waals surface area contributed by atoms with Gasteiger partial charge in [-0.2, -0.15) is 0 Å². The number of carbonyl (C=O) groups is 1. The quantitative estimate of drug-likeness (QED) is 0.209. The Morgan fingerprint density at radius 1 is 1.12 bits per heavy atom. The monoisotopic (exact) mass is 452 g/mol. The fraction of sp³-hybridized carbons (Fsp3) is 0.194. The smallest absolute Gasteiger partial charge is 0.251 e. The highest BCUT2D eigenvalue weighted by Crippen LogP contribution is 2.21. The van der Waals surface area contributed by atoms with E-state index in [1.807, 2.05) is 98.8 Å². The van der Waals surface area contributed by atoms with Gasteiger partial charge in [0.1, 0.15) is 0 Å². The van der Waals surface area contributed by atoms with E-state index in [-0.39, 0.29) is 5.91 Å². The third-order valence-electron chi connectivity index (χ3n) is 4.71. The summed E-state index contributed by atoms with van der Waals surface area (Å²) in [7, 11) is 1.93. The summed E-state index contributed by atoms with van der Waals surface area (Å²) >= 11 is 0. The van der Waals surface area contributed by atoms with Gasteiger partial charge in [-0.1, -0.05) is 85.8 Å². The highest BCUT2D eigenvalue weighted by molar-refractivity contribution is 5.95. The van der Waals surface area contributed by atoms with E-state index in [4.69, 9.17) is 0 Å². The highest BCUT2D eigenvalue weighted by Gasteiger charge is 2.10. The average molecular weight is 453 g/mol. The molecule has 34 heavy (non-hydrogen) atoms. The van der Waals surface area contributed by atoms with Crippen molar-refractivity contribution in [2.75, 3.05) is 18.5 Å². The van der Waals surface area contributed by atoms with Gasteiger partial charge in [0.2, 0.25) is 0 Å². The van der Waals surface area contributed by atoms with E-state index < -0.39 is 0 Å². The predicted octanol–water partition coefficient (Wildman–Crippen LogP) is 7.06. The molecule has 3 nitrogen and oxygen atoms in total. The van der Waals surface area contributed by atoms with Crippen molar-refractivity contribution in [3.05, 3.63) is 127 Å². The summed E-state index contributed by atoms with van der Waals surface area (Å²) in [5.74, 6) is 6.22. The summed E-state index contributed by atoms with van der Waals surface area (Å²) in [6, 6.07) is 5.55. The van der Waals surface area contributed by atoms with Gasteiger partial charge < -0.3 is 10.2 Å². The molecule has 1 rings (SSSR count). The lowest BCUT2D eigenvalue weighted by molar-refractivity contribution is 0.0953. The average Bonchev–Trinajstić information content (AvgIpc) is 2.85. The van der Waals surface area contributed by atoms with Gasteiger partial charge in [0.05, 0.1) is 5.69 Å². The first-order valence-electron chi connectivity index (χ1n) is 11.4. The fourth-order valence-corrected chi connectivity index (χ4v) is 2.86. The molecular formula is C31H36N2O. The van der Waals surface area contributed by atoms with Crippen LogP contribution in [0.2, 0.25) is 0 Å². The third-order valence-corrected chi connectivity index (χ3v) is 4.71. The first kappa shape index (κ1) is 28.0. The first-order valence-corrected chi connectivity index (χ1v) is 11.4. The number of rotatable bonds is 12. The van der Waals surface area contributed by atoms with E-state index in [0.29, 0.717) is 12.1 Å². The van der Waals surface area contributed by atoms with Gasteiger partial charge in [-0.25, -0.2) is 0 Å². The third kappa shape index (κ3) is 10.5. The molecule has 176 valence electrons. The zero-order valence-electron chi connectivity index (χ0n) is 20.7. The number of amides is 1. The van der Waals surface area contributed by atoms with Crippen LogP contribution in [-0.2, 0) is 0 Å². The lowest BCUT2D eigenvalue weighted by Crippen LogP contribution is -2.24. The zero-order chi connectivity index (χ0) is 25.2. The van der Waals surface area contributed by atoms with Gasteiger partial charge in [-0.05, 0) is 57.0 Å². The molecule has 0 unspecified atom stereocenters. The molecule has 0 saturated heterocycles. The van der Waals surface area contributed by atoms with Crippen molar-refractivity contribution in [2.24, 2.45) is 0 Å². The minimum Gasteiger partial charge on any atom is -0.352 e. The number of hydrogen-bond acceptors (Lipinski definition) is 2. The number of anilines is 1. The van der Waals surface area contributed by atoms with Crippen LogP contribution in [0.4, 0.5) is 5.69 Å². The molecule has 1 aromatic rings. The molecule has 0 saturated carbocycles. The van der Waals surface area contributed by atoms with Gasteiger partial charge in [-0.3, -0.25) is 4.79 Å². The van der Waals surface area contributed by atoms with Gasteiger partial charge >= 0.3 is 0 Å². The molecule has 3 heteroatoms. The summed E-state index contributed by atoms with van der Waals surface area (Å²) < 4.78 is 0. The number of hydrogen-bond donors (Lipinski definition) is 1. The molecule has 0 aliphatic heterocycles. The Bertz CT molecular complexity index is 1070. The topological polar surface area (TPSA) is 32.3 Å². The van der Waals surface area contributed by atoms with Crippen LogP contribution in [0.1, 0.15) is 42.6 Å². The lowest BCUT2D eigenvalue weighted by atomic mass is 10.1. The summed E-state index contributed by atoms with van der Waals surface area (Å²) in [6.45, 7) is 16.1. The molecule has 0 bridgehead atoms. The van der Waals surface area contributed by atoms with E-state index in [0.717, 1.165) is 35.2 Å². The number of nitrogens with one attached hydrogen (secondary N) is 1. The van der Waals surface area contributed by atoms with E-state index in [9.17, 15) is 4.79 Å². The Hall–Kier alpha value is -4.03. The van der Waals surface area contributed by atoms with E-state index in [1.54, 1.807) is 12.2 Å². The first-order chi connectivity index (χ1) is 16.5. The molecule has 1 aromatic carbocycles. The van der Waals surface area contributed by atoms with E-state index in [1.165, 1.54) is 0 Å². The van der Waals surface area contributed by atoms with Crippen molar-refractivity contribution in [3.8, 4) is 11.8 Å². The van der Waals surface area contributed by atoms with Crippen LogP contribution in [0.3, 0.4) is 0 Å². The molecular weight excluding hydrogens is 416 g/mol. The molecule has 0 aliphatic carbocycles. The molecule has 1 amide bonds. The van der Waals surface area contributed by atoms with Gasteiger partial charge in [0, 0.05) is 36.5 Å².